The zero-order valence-corrected chi connectivity index (χ0v) is 26.9. The van der Waals surface area contributed by atoms with Gasteiger partial charge in [-0.15, -0.1) is 11.3 Å². The van der Waals surface area contributed by atoms with Gasteiger partial charge in [-0.25, -0.2) is 0 Å². The van der Waals surface area contributed by atoms with Gasteiger partial charge < -0.3 is 20.3 Å². The minimum absolute atomic E-state index is 0.0515. The average Bonchev–Trinajstić information content (AvgIpc) is 3.76. The first-order chi connectivity index (χ1) is 21.3. The number of fused-ring (bicyclic) bond motifs is 2. The Morgan fingerprint density at radius 1 is 1.00 bits per heavy atom. The van der Waals surface area contributed by atoms with E-state index >= 15 is 0 Å². The van der Waals surface area contributed by atoms with Gasteiger partial charge in [-0.1, -0.05) is 62.4 Å². The minimum atomic E-state index is -0.567. The van der Waals surface area contributed by atoms with Crippen molar-refractivity contribution < 1.29 is 14.3 Å². The number of amides is 2. The zero-order valence-electron chi connectivity index (χ0n) is 26.1. The standard InChI is InChI=1S/C36H44N4O3S/c1-24(2)19-31(38-36(42)34-20-25-9-4-7-13-33(25)44-34)35(41)37-27-16-18-40(22-27)21-26-14-15-32(30-12-6-5-11-29(26)30)43-23-28-10-8-17-39(28)3/h4-7,9,11-15,20,24,27-28,31H,8,10,16-19,21-23H2,1-3H3,(H,37,41)(H,38,42)/t27-,28-,31-/m0/s1. The smallest absolute Gasteiger partial charge is 0.262 e. The minimum Gasteiger partial charge on any atom is -0.491 e. The van der Waals surface area contributed by atoms with E-state index < -0.39 is 6.04 Å². The van der Waals surface area contributed by atoms with Crippen LogP contribution in [-0.2, 0) is 11.3 Å². The van der Waals surface area contributed by atoms with Crippen LogP contribution in [0.15, 0.2) is 66.7 Å². The molecule has 0 saturated carbocycles. The lowest BCUT2D eigenvalue weighted by molar-refractivity contribution is -0.124. The van der Waals surface area contributed by atoms with Crippen LogP contribution in [0, 0.1) is 5.92 Å². The summed E-state index contributed by atoms with van der Waals surface area (Å²) in [5.74, 6) is 0.937. The molecule has 7 nitrogen and oxygen atoms in total. The van der Waals surface area contributed by atoms with Crippen molar-refractivity contribution in [2.24, 2.45) is 5.92 Å². The number of nitrogens with one attached hydrogen (secondary N) is 2. The van der Waals surface area contributed by atoms with Crippen LogP contribution in [0.3, 0.4) is 0 Å². The maximum absolute atomic E-state index is 13.5. The van der Waals surface area contributed by atoms with Crippen molar-refractivity contribution in [1.82, 2.24) is 20.4 Å². The number of benzene rings is 3. The molecule has 0 unspecified atom stereocenters. The normalized spacial score (nSPS) is 20.0. The van der Waals surface area contributed by atoms with E-state index in [0.29, 0.717) is 17.3 Å². The van der Waals surface area contributed by atoms with Gasteiger partial charge in [-0.2, -0.15) is 0 Å². The van der Waals surface area contributed by atoms with Crippen LogP contribution in [0.25, 0.3) is 20.9 Å². The molecule has 0 aliphatic carbocycles. The molecule has 2 amide bonds. The van der Waals surface area contributed by atoms with Crippen LogP contribution in [-0.4, -0.2) is 73.0 Å². The lowest BCUT2D eigenvalue weighted by Gasteiger charge is -2.23. The molecule has 3 heterocycles. The molecule has 2 saturated heterocycles. The highest BCUT2D eigenvalue weighted by Crippen LogP contribution is 2.31. The number of likely N-dealkylation sites (N-methyl/N-ethyl adjacent to an activating group) is 1. The number of carbonyl (C=O) groups is 2. The van der Waals surface area contributed by atoms with E-state index in [1.807, 2.05) is 30.3 Å². The van der Waals surface area contributed by atoms with Gasteiger partial charge in [0.2, 0.25) is 5.91 Å². The summed E-state index contributed by atoms with van der Waals surface area (Å²) in [5.41, 5.74) is 1.27. The van der Waals surface area contributed by atoms with E-state index in [1.165, 1.54) is 35.1 Å². The number of likely N-dealkylation sites (tertiary alicyclic amines) is 2. The van der Waals surface area contributed by atoms with Crippen molar-refractivity contribution >= 4 is 44.0 Å². The molecule has 0 bridgehead atoms. The summed E-state index contributed by atoms with van der Waals surface area (Å²) < 4.78 is 7.42. The Kier molecular flexibility index (Phi) is 9.50. The summed E-state index contributed by atoms with van der Waals surface area (Å²) in [4.78, 5) is 32.1. The lowest BCUT2D eigenvalue weighted by Crippen LogP contribution is -2.50. The molecule has 3 aromatic carbocycles. The van der Waals surface area contributed by atoms with E-state index in [4.69, 9.17) is 4.74 Å². The van der Waals surface area contributed by atoms with Gasteiger partial charge in [0.25, 0.3) is 5.91 Å². The van der Waals surface area contributed by atoms with Crippen molar-refractivity contribution in [1.29, 1.82) is 0 Å². The van der Waals surface area contributed by atoms with Crippen LogP contribution in [0.1, 0.15) is 54.8 Å². The van der Waals surface area contributed by atoms with Crippen LogP contribution in [0.2, 0.25) is 0 Å². The average molecular weight is 613 g/mol. The zero-order chi connectivity index (χ0) is 30.6. The summed E-state index contributed by atoms with van der Waals surface area (Å²) in [7, 11) is 2.18. The quantitative estimate of drug-likeness (QED) is 0.215. The third-order valence-corrected chi connectivity index (χ3v) is 10.2. The maximum Gasteiger partial charge on any atom is 0.262 e. The predicted octanol–water partition coefficient (Wildman–Crippen LogP) is 6.06. The fourth-order valence-electron chi connectivity index (χ4n) is 6.64. The predicted molar refractivity (Wildman–Crippen MR) is 179 cm³/mol. The van der Waals surface area contributed by atoms with Crippen LogP contribution >= 0.6 is 11.3 Å². The summed E-state index contributed by atoms with van der Waals surface area (Å²) in [5, 5.41) is 9.72. The molecular formula is C36H44N4O3S. The van der Waals surface area contributed by atoms with Crippen molar-refractivity contribution in [2.75, 3.05) is 33.3 Å². The molecule has 44 heavy (non-hydrogen) atoms. The second-order valence-electron chi connectivity index (χ2n) is 12.9. The number of hydrogen-bond donors (Lipinski definition) is 2. The van der Waals surface area contributed by atoms with E-state index in [1.54, 1.807) is 0 Å². The first kappa shape index (κ1) is 30.6. The Balaban J connectivity index is 1.07. The van der Waals surface area contributed by atoms with Gasteiger partial charge in [0.15, 0.2) is 0 Å². The topological polar surface area (TPSA) is 73.9 Å². The monoisotopic (exact) mass is 612 g/mol. The third kappa shape index (κ3) is 7.09. The molecule has 1 aromatic heterocycles. The second-order valence-corrected chi connectivity index (χ2v) is 14.0. The number of carbonyl (C=O) groups excluding carboxylic acids is 2. The third-order valence-electron chi connectivity index (χ3n) is 9.07. The number of rotatable bonds is 11. The SMILES string of the molecule is CC(C)C[C@H](NC(=O)c1cc2ccccc2s1)C(=O)N[C@H]1CCN(Cc2ccc(OC[C@@H]3CCCN3C)c3ccccc23)C1. The molecule has 3 atom stereocenters. The molecular weight excluding hydrogens is 568 g/mol. The Labute approximate surface area is 264 Å². The van der Waals surface area contributed by atoms with Gasteiger partial charge in [0.1, 0.15) is 18.4 Å². The molecule has 0 radical (unpaired) electrons. The maximum atomic E-state index is 13.5. The number of hydrogen-bond acceptors (Lipinski definition) is 6. The van der Waals surface area contributed by atoms with Gasteiger partial charge in [-0.3, -0.25) is 14.5 Å². The van der Waals surface area contributed by atoms with Gasteiger partial charge >= 0.3 is 0 Å². The van der Waals surface area contributed by atoms with Crippen molar-refractivity contribution in [3.63, 3.8) is 0 Å². The molecule has 2 aliphatic rings. The van der Waals surface area contributed by atoms with E-state index in [0.717, 1.165) is 60.4 Å². The molecule has 8 heteroatoms. The second kappa shape index (κ2) is 13.7. The van der Waals surface area contributed by atoms with Crippen LogP contribution in [0.5, 0.6) is 5.75 Å². The molecule has 232 valence electrons. The molecule has 2 fully saturated rings. The van der Waals surface area contributed by atoms with Gasteiger partial charge in [0, 0.05) is 41.8 Å². The van der Waals surface area contributed by atoms with E-state index in [-0.39, 0.29) is 23.8 Å². The first-order valence-corrected chi connectivity index (χ1v) is 16.8. The van der Waals surface area contributed by atoms with Crippen LogP contribution in [0.4, 0.5) is 0 Å². The molecule has 4 aromatic rings. The molecule has 2 aliphatic heterocycles. The summed E-state index contributed by atoms with van der Waals surface area (Å²) in [6.07, 6.45) is 3.91. The first-order valence-electron chi connectivity index (χ1n) is 16.0. The highest BCUT2D eigenvalue weighted by Gasteiger charge is 2.29. The molecule has 2 N–H and O–H groups in total. The van der Waals surface area contributed by atoms with Crippen molar-refractivity contribution in [3.05, 3.63) is 77.2 Å². The Morgan fingerprint density at radius 2 is 1.80 bits per heavy atom. The highest BCUT2D eigenvalue weighted by atomic mass is 32.1. The van der Waals surface area contributed by atoms with Crippen molar-refractivity contribution in [3.8, 4) is 5.75 Å². The lowest BCUT2D eigenvalue weighted by atomic mass is 10.0. The Morgan fingerprint density at radius 3 is 2.57 bits per heavy atom. The van der Waals surface area contributed by atoms with Gasteiger partial charge in [0.05, 0.1) is 4.88 Å². The molecule has 0 spiro atoms. The number of ether oxygens (including phenoxy) is 1. The fourth-order valence-corrected chi connectivity index (χ4v) is 7.60. The largest absolute Gasteiger partial charge is 0.491 e. The number of thiophene rings is 1. The van der Waals surface area contributed by atoms with E-state index in [2.05, 4.69) is 77.7 Å². The van der Waals surface area contributed by atoms with Crippen LogP contribution < -0.4 is 15.4 Å². The molecule has 6 rings (SSSR count). The fraction of sp³-hybridized carbons (Fsp3) is 0.444. The van der Waals surface area contributed by atoms with E-state index in [9.17, 15) is 9.59 Å². The summed E-state index contributed by atoms with van der Waals surface area (Å²) in [6.45, 7) is 8.53. The Bertz CT molecular complexity index is 1580. The number of nitrogens with zero attached hydrogens (tertiary/aromatic N) is 2. The highest BCUT2D eigenvalue weighted by molar-refractivity contribution is 7.20. The van der Waals surface area contributed by atoms with Gasteiger partial charge in [-0.05, 0) is 79.7 Å². The van der Waals surface area contributed by atoms with Crippen molar-refractivity contribution in [2.45, 2.75) is 64.2 Å². The summed E-state index contributed by atoms with van der Waals surface area (Å²) in [6, 6.07) is 22.7. The summed E-state index contributed by atoms with van der Waals surface area (Å²) >= 11 is 1.46. The Hall–Kier alpha value is -3.46.